The molecule has 9 heteroatoms. The molecule has 0 radical (unpaired) electrons. The molecule has 308 valence electrons. The topological polar surface area (TPSA) is 91.3 Å². The van der Waals surface area contributed by atoms with Crippen LogP contribution in [0.2, 0.25) is 0 Å². The lowest BCUT2D eigenvalue weighted by Crippen LogP contribution is -2.37. The highest BCUT2D eigenvalue weighted by molar-refractivity contribution is 7.47. The van der Waals surface area contributed by atoms with Crippen molar-refractivity contribution in [3.63, 3.8) is 0 Å². The highest BCUT2D eigenvalue weighted by atomic mass is 31.2. The Morgan fingerprint density at radius 3 is 1.56 bits per heavy atom. The fourth-order valence-electron chi connectivity index (χ4n) is 5.88. The molecule has 2 unspecified atom stereocenters. The van der Waals surface area contributed by atoms with Crippen LogP contribution in [0.25, 0.3) is 0 Å². The number of likely N-dealkylation sites (N-methyl/N-ethyl adjacent to an activating group) is 1. The molecule has 0 aliphatic heterocycles. The van der Waals surface area contributed by atoms with Gasteiger partial charge in [-0.1, -0.05) is 160 Å². The molecule has 0 aliphatic rings. The van der Waals surface area contributed by atoms with Gasteiger partial charge in [-0.3, -0.25) is 13.8 Å². The zero-order valence-electron chi connectivity index (χ0n) is 34.8. The minimum absolute atomic E-state index is 0.0898. The second-order valence-corrected chi connectivity index (χ2v) is 17.2. The molecular formula is C43H85NO7P+. The number of hydrogen-bond acceptors (Lipinski definition) is 6. The summed E-state index contributed by atoms with van der Waals surface area (Å²) in [5.74, 6) is -0.317. The van der Waals surface area contributed by atoms with Crippen LogP contribution < -0.4 is 0 Å². The molecule has 0 bridgehead atoms. The molecular weight excluding hydrogens is 673 g/mol. The smallest absolute Gasteiger partial charge is 0.457 e. The minimum atomic E-state index is -4.26. The quantitative estimate of drug-likeness (QED) is 0.0219. The van der Waals surface area contributed by atoms with Gasteiger partial charge >= 0.3 is 13.8 Å². The highest BCUT2D eigenvalue weighted by Gasteiger charge is 2.26. The van der Waals surface area contributed by atoms with Crippen LogP contribution in [0.1, 0.15) is 187 Å². The molecule has 1 N–H and O–H groups in total. The van der Waals surface area contributed by atoms with Crippen molar-refractivity contribution >= 4 is 13.8 Å². The predicted molar refractivity (Wildman–Crippen MR) is 220 cm³/mol. The summed E-state index contributed by atoms with van der Waals surface area (Å²) < 4.78 is 34.8. The normalized spacial score (nSPS) is 14.0. The SMILES string of the molecule is CCCCCCC/C=C\C/C=C\CCCCCCCCCCCCCC(=O)OC(COCCCCCCCCC)COP(=O)(O)OCC[N+](C)(C)C. The fourth-order valence-corrected chi connectivity index (χ4v) is 6.62. The third kappa shape index (κ3) is 40.2. The van der Waals surface area contributed by atoms with Crippen molar-refractivity contribution in [1.29, 1.82) is 0 Å². The van der Waals surface area contributed by atoms with E-state index < -0.39 is 13.9 Å². The van der Waals surface area contributed by atoms with E-state index in [0.29, 0.717) is 24.1 Å². The van der Waals surface area contributed by atoms with Crippen molar-refractivity contribution in [3.05, 3.63) is 24.3 Å². The number of ether oxygens (including phenoxy) is 2. The van der Waals surface area contributed by atoms with Crippen LogP contribution in [0.4, 0.5) is 0 Å². The summed E-state index contributed by atoms with van der Waals surface area (Å²) in [6.45, 7) is 5.59. The van der Waals surface area contributed by atoms with Gasteiger partial charge in [0, 0.05) is 13.0 Å². The van der Waals surface area contributed by atoms with E-state index in [2.05, 4.69) is 38.2 Å². The van der Waals surface area contributed by atoms with Gasteiger partial charge in [0.2, 0.25) is 0 Å². The maximum absolute atomic E-state index is 12.6. The van der Waals surface area contributed by atoms with E-state index in [1.807, 2.05) is 21.1 Å². The van der Waals surface area contributed by atoms with Crippen molar-refractivity contribution < 1.29 is 37.3 Å². The number of nitrogens with zero attached hydrogens (tertiary/aromatic N) is 1. The Morgan fingerprint density at radius 2 is 1.06 bits per heavy atom. The maximum Gasteiger partial charge on any atom is 0.472 e. The third-order valence-electron chi connectivity index (χ3n) is 9.27. The van der Waals surface area contributed by atoms with Crippen LogP contribution in [-0.2, 0) is 27.9 Å². The van der Waals surface area contributed by atoms with E-state index in [0.717, 1.165) is 38.5 Å². The summed E-state index contributed by atoms with van der Waals surface area (Å²) in [6.07, 6.45) is 40.8. The first kappa shape index (κ1) is 51.0. The number of hydrogen-bond donors (Lipinski definition) is 1. The molecule has 0 aliphatic carbocycles. The molecule has 0 aromatic heterocycles. The minimum Gasteiger partial charge on any atom is -0.457 e. The number of phosphoric acid groups is 1. The molecule has 0 aromatic rings. The summed E-state index contributed by atoms with van der Waals surface area (Å²) in [6, 6.07) is 0. The van der Waals surface area contributed by atoms with Crippen LogP contribution in [0.3, 0.4) is 0 Å². The lowest BCUT2D eigenvalue weighted by molar-refractivity contribution is -0.870. The monoisotopic (exact) mass is 759 g/mol. The molecule has 52 heavy (non-hydrogen) atoms. The molecule has 8 nitrogen and oxygen atoms in total. The Labute approximate surface area is 322 Å². The molecule has 0 spiro atoms. The van der Waals surface area contributed by atoms with Gasteiger partial charge in [0.05, 0.1) is 34.4 Å². The molecule has 0 aromatic carbocycles. The first-order valence-corrected chi connectivity index (χ1v) is 23.1. The van der Waals surface area contributed by atoms with Crippen LogP contribution in [0, 0.1) is 0 Å². The number of allylic oxidation sites excluding steroid dienone is 4. The van der Waals surface area contributed by atoms with Crippen molar-refractivity contribution in [2.75, 3.05) is 54.1 Å². The molecule has 0 fully saturated rings. The van der Waals surface area contributed by atoms with Gasteiger partial charge in [0.15, 0.2) is 0 Å². The summed E-state index contributed by atoms with van der Waals surface area (Å²) in [5.41, 5.74) is 0. The molecule has 2 atom stereocenters. The fraction of sp³-hybridized carbons (Fsp3) is 0.884. The maximum atomic E-state index is 12.6. The van der Waals surface area contributed by atoms with Crippen molar-refractivity contribution in [3.8, 4) is 0 Å². The van der Waals surface area contributed by atoms with Gasteiger partial charge in [-0.2, -0.15) is 0 Å². The first-order valence-electron chi connectivity index (χ1n) is 21.6. The zero-order valence-corrected chi connectivity index (χ0v) is 35.7. The molecule has 0 saturated heterocycles. The Bertz CT molecular complexity index is 889. The average Bonchev–Trinajstić information content (AvgIpc) is 3.09. The van der Waals surface area contributed by atoms with Gasteiger partial charge in [0.1, 0.15) is 19.3 Å². The number of carbonyl (C=O) groups is 1. The number of unbranched alkanes of at least 4 members (excludes halogenated alkanes) is 22. The predicted octanol–water partition coefficient (Wildman–Crippen LogP) is 12.4. The first-order chi connectivity index (χ1) is 25.1. The summed E-state index contributed by atoms with van der Waals surface area (Å²) in [7, 11) is 1.67. The van der Waals surface area contributed by atoms with Crippen molar-refractivity contribution in [2.24, 2.45) is 0 Å². The standard InChI is InChI=1S/C43H84NO7P/c1-6-8-10-12-14-15-16-17-18-19-20-21-22-23-24-25-26-27-28-29-30-32-34-36-43(45)51-42(40-48-38-35-33-31-13-11-9-7-2)41-50-52(46,47)49-39-37-44(3,4)5/h16-17,19-20,42H,6-15,18,21-41H2,1-5H3/p+1/b17-16-,20-19-. The number of esters is 1. The summed E-state index contributed by atoms with van der Waals surface area (Å²) in [4.78, 5) is 22.8. The van der Waals surface area contributed by atoms with Gasteiger partial charge in [-0.05, 0) is 44.9 Å². The molecule has 0 rings (SSSR count). The number of quaternary nitrogens is 1. The van der Waals surface area contributed by atoms with E-state index in [1.165, 1.54) is 128 Å². The van der Waals surface area contributed by atoms with Crippen LogP contribution in [0.5, 0.6) is 0 Å². The van der Waals surface area contributed by atoms with E-state index in [4.69, 9.17) is 18.5 Å². The lowest BCUT2D eigenvalue weighted by atomic mass is 10.0. The average molecular weight is 759 g/mol. The van der Waals surface area contributed by atoms with Crippen LogP contribution >= 0.6 is 7.82 Å². The summed E-state index contributed by atoms with van der Waals surface area (Å²) in [5, 5.41) is 0. The van der Waals surface area contributed by atoms with E-state index >= 15 is 0 Å². The van der Waals surface area contributed by atoms with Gasteiger partial charge in [-0.15, -0.1) is 0 Å². The molecule has 0 saturated carbocycles. The number of phosphoric ester groups is 1. The third-order valence-corrected chi connectivity index (χ3v) is 10.2. The lowest BCUT2D eigenvalue weighted by Gasteiger charge is -2.24. The second kappa shape index (κ2) is 36.9. The van der Waals surface area contributed by atoms with E-state index in [9.17, 15) is 14.3 Å². The highest BCUT2D eigenvalue weighted by Crippen LogP contribution is 2.43. The number of rotatable bonds is 40. The van der Waals surface area contributed by atoms with E-state index in [1.54, 1.807) is 0 Å². The Morgan fingerprint density at radius 1 is 0.596 bits per heavy atom. The molecule has 0 amide bonds. The Kier molecular flexibility index (Phi) is 36.2. The molecule has 0 heterocycles. The zero-order chi connectivity index (χ0) is 38.4. The largest absolute Gasteiger partial charge is 0.472 e. The number of carbonyl (C=O) groups excluding carboxylic acids is 1. The van der Waals surface area contributed by atoms with Gasteiger partial charge in [0.25, 0.3) is 0 Å². The van der Waals surface area contributed by atoms with Crippen molar-refractivity contribution in [1.82, 2.24) is 0 Å². The van der Waals surface area contributed by atoms with Crippen LogP contribution in [-0.4, -0.2) is 75.6 Å². The van der Waals surface area contributed by atoms with Crippen molar-refractivity contribution in [2.45, 2.75) is 193 Å². The van der Waals surface area contributed by atoms with Gasteiger partial charge < -0.3 is 18.9 Å². The summed E-state index contributed by atoms with van der Waals surface area (Å²) >= 11 is 0. The second-order valence-electron chi connectivity index (χ2n) is 15.7. The van der Waals surface area contributed by atoms with Gasteiger partial charge in [-0.25, -0.2) is 4.57 Å². The van der Waals surface area contributed by atoms with Crippen LogP contribution in [0.15, 0.2) is 24.3 Å². The van der Waals surface area contributed by atoms with E-state index in [-0.39, 0.29) is 25.8 Å². The Hall–Kier alpha value is -1.02. The Balaban J connectivity index is 4.04.